The van der Waals surface area contributed by atoms with Crippen LogP contribution in [0.2, 0.25) is 0 Å². The Morgan fingerprint density at radius 1 is 1.32 bits per heavy atom. The molecule has 8 heteroatoms. The second kappa shape index (κ2) is 11.4. The summed E-state index contributed by atoms with van der Waals surface area (Å²) in [7, 11) is 0. The first-order valence-corrected chi connectivity index (χ1v) is 10.4. The van der Waals surface area contributed by atoms with Gasteiger partial charge in [0, 0.05) is 37.1 Å². The lowest BCUT2D eigenvalue weighted by Crippen LogP contribution is -2.41. The molecule has 1 amide bonds. The van der Waals surface area contributed by atoms with Gasteiger partial charge in [0.15, 0.2) is 5.96 Å². The van der Waals surface area contributed by atoms with Crippen LogP contribution in [-0.4, -0.2) is 43.0 Å². The molecule has 0 spiro atoms. The standard InChI is InChI=1S/C20H27N5OS.HI/c1-3-21-20(22-11-10-17-14-27-15(2)24-17)23-13-19(26)25-12-6-8-16-7-4-5-9-18(16)25;/h4-5,7,9,14H,3,6,8,10-13H2,1-2H3,(H2,21,22,23);1H. The predicted molar refractivity (Wildman–Crippen MR) is 127 cm³/mol. The molecule has 1 aromatic heterocycles. The van der Waals surface area contributed by atoms with E-state index in [-0.39, 0.29) is 36.4 Å². The number of nitrogens with zero attached hydrogens (tertiary/aromatic N) is 3. The van der Waals surface area contributed by atoms with Crippen LogP contribution in [0.1, 0.15) is 29.6 Å². The predicted octanol–water partition coefficient (Wildman–Crippen LogP) is 3.15. The Balaban J connectivity index is 0.00000280. The van der Waals surface area contributed by atoms with E-state index in [2.05, 4.69) is 32.1 Å². The van der Waals surface area contributed by atoms with Crippen LogP contribution < -0.4 is 15.5 Å². The van der Waals surface area contributed by atoms with E-state index in [0.29, 0.717) is 5.96 Å². The highest BCUT2D eigenvalue weighted by molar-refractivity contribution is 14.0. The molecular weight excluding hydrogens is 485 g/mol. The van der Waals surface area contributed by atoms with E-state index < -0.39 is 0 Å². The van der Waals surface area contributed by atoms with Gasteiger partial charge in [-0.1, -0.05) is 18.2 Å². The molecule has 1 aliphatic heterocycles. The molecular formula is C20H28IN5OS. The zero-order valence-corrected chi connectivity index (χ0v) is 19.5. The van der Waals surface area contributed by atoms with Crippen LogP contribution in [-0.2, 0) is 17.6 Å². The molecule has 0 saturated carbocycles. The van der Waals surface area contributed by atoms with Crippen molar-refractivity contribution in [2.75, 3.05) is 31.1 Å². The van der Waals surface area contributed by atoms with E-state index in [0.717, 1.165) is 55.3 Å². The summed E-state index contributed by atoms with van der Waals surface area (Å²) in [5.74, 6) is 0.706. The molecule has 0 fully saturated rings. The highest BCUT2D eigenvalue weighted by Gasteiger charge is 2.21. The van der Waals surface area contributed by atoms with Gasteiger partial charge in [0.05, 0.1) is 10.7 Å². The summed E-state index contributed by atoms with van der Waals surface area (Å²) in [6, 6.07) is 8.14. The molecule has 0 atom stereocenters. The number of benzene rings is 1. The molecule has 2 N–H and O–H groups in total. The Morgan fingerprint density at radius 2 is 2.14 bits per heavy atom. The Morgan fingerprint density at radius 3 is 2.89 bits per heavy atom. The lowest BCUT2D eigenvalue weighted by atomic mass is 10.0. The molecule has 2 aromatic rings. The van der Waals surface area contributed by atoms with E-state index in [1.165, 1.54) is 5.56 Å². The van der Waals surface area contributed by atoms with Crippen LogP contribution in [0.15, 0.2) is 34.6 Å². The fourth-order valence-corrected chi connectivity index (χ4v) is 3.85. The molecule has 28 heavy (non-hydrogen) atoms. The molecule has 152 valence electrons. The molecule has 0 saturated heterocycles. The second-order valence-electron chi connectivity index (χ2n) is 6.51. The van der Waals surface area contributed by atoms with Crippen molar-refractivity contribution < 1.29 is 4.79 Å². The van der Waals surface area contributed by atoms with Crippen LogP contribution in [0.4, 0.5) is 5.69 Å². The Labute approximate surface area is 187 Å². The number of amides is 1. The Bertz CT molecular complexity index is 807. The molecule has 0 aliphatic carbocycles. The van der Waals surface area contributed by atoms with Crippen molar-refractivity contribution in [2.45, 2.75) is 33.1 Å². The zero-order valence-electron chi connectivity index (χ0n) is 16.4. The number of hydrogen-bond acceptors (Lipinski definition) is 4. The second-order valence-corrected chi connectivity index (χ2v) is 7.57. The number of aryl methyl sites for hydroxylation is 2. The quantitative estimate of drug-likeness (QED) is 0.354. The number of hydrogen-bond donors (Lipinski definition) is 2. The number of carbonyl (C=O) groups excluding carboxylic acids is 1. The highest BCUT2D eigenvalue weighted by atomic mass is 127. The number of rotatable bonds is 6. The summed E-state index contributed by atoms with van der Waals surface area (Å²) in [6.07, 6.45) is 2.86. The maximum Gasteiger partial charge on any atom is 0.248 e. The average Bonchev–Trinajstić information content (AvgIpc) is 3.10. The van der Waals surface area contributed by atoms with E-state index in [4.69, 9.17) is 0 Å². The monoisotopic (exact) mass is 513 g/mol. The third-order valence-corrected chi connectivity index (χ3v) is 5.29. The summed E-state index contributed by atoms with van der Waals surface area (Å²) in [5, 5.41) is 9.65. The third-order valence-electron chi connectivity index (χ3n) is 4.47. The largest absolute Gasteiger partial charge is 0.357 e. The summed E-state index contributed by atoms with van der Waals surface area (Å²) in [5.41, 5.74) is 3.35. The molecule has 0 unspecified atom stereocenters. The maximum atomic E-state index is 12.7. The number of halogens is 1. The van der Waals surface area contributed by atoms with Crippen molar-refractivity contribution >= 4 is 52.9 Å². The Hall–Kier alpha value is -1.68. The van der Waals surface area contributed by atoms with Crippen molar-refractivity contribution in [3.63, 3.8) is 0 Å². The van der Waals surface area contributed by atoms with Crippen molar-refractivity contribution in [3.05, 3.63) is 45.9 Å². The number of thiazole rings is 1. The fourth-order valence-electron chi connectivity index (χ4n) is 3.20. The van der Waals surface area contributed by atoms with Crippen molar-refractivity contribution in [1.29, 1.82) is 0 Å². The number of fused-ring (bicyclic) bond motifs is 1. The van der Waals surface area contributed by atoms with Crippen LogP contribution >= 0.6 is 35.3 Å². The Kier molecular flexibility index (Phi) is 9.17. The van der Waals surface area contributed by atoms with Crippen LogP contribution in [0.25, 0.3) is 0 Å². The van der Waals surface area contributed by atoms with Gasteiger partial charge in [0.1, 0.15) is 6.54 Å². The van der Waals surface area contributed by atoms with Gasteiger partial charge in [-0.15, -0.1) is 35.3 Å². The van der Waals surface area contributed by atoms with Crippen LogP contribution in [0, 0.1) is 6.92 Å². The average molecular weight is 513 g/mol. The van der Waals surface area contributed by atoms with E-state index in [1.807, 2.05) is 36.9 Å². The van der Waals surface area contributed by atoms with E-state index in [9.17, 15) is 4.79 Å². The van der Waals surface area contributed by atoms with Gasteiger partial charge >= 0.3 is 0 Å². The maximum absolute atomic E-state index is 12.7. The molecule has 6 nitrogen and oxygen atoms in total. The summed E-state index contributed by atoms with van der Waals surface area (Å²) in [4.78, 5) is 23.5. The molecule has 0 radical (unpaired) electrons. The van der Waals surface area contributed by atoms with Gasteiger partial charge in [0.2, 0.25) is 5.91 Å². The van der Waals surface area contributed by atoms with Gasteiger partial charge in [-0.2, -0.15) is 0 Å². The van der Waals surface area contributed by atoms with Crippen molar-refractivity contribution in [3.8, 4) is 0 Å². The highest BCUT2D eigenvalue weighted by Crippen LogP contribution is 2.26. The van der Waals surface area contributed by atoms with Gasteiger partial charge in [0.25, 0.3) is 0 Å². The van der Waals surface area contributed by atoms with Crippen LogP contribution in [0.5, 0.6) is 0 Å². The van der Waals surface area contributed by atoms with Crippen molar-refractivity contribution in [2.24, 2.45) is 4.99 Å². The summed E-state index contributed by atoms with van der Waals surface area (Å²) in [6.45, 7) is 6.41. The number of guanidine groups is 1. The number of anilines is 1. The van der Waals surface area contributed by atoms with Gasteiger partial charge in [-0.25, -0.2) is 9.98 Å². The zero-order chi connectivity index (χ0) is 19.1. The number of aromatic nitrogens is 1. The molecule has 0 bridgehead atoms. The smallest absolute Gasteiger partial charge is 0.248 e. The number of aliphatic imine (C=N–C) groups is 1. The molecule has 3 rings (SSSR count). The van der Waals surface area contributed by atoms with Gasteiger partial charge in [-0.05, 0) is 38.3 Å². The SMILES string of the molecule is CCNC(=NCC(=O)N1CCCc2ccccc21)NCCc1csc(C)n1.I. The summed E-state index contributed by atoms with van der Waals surface area (Å²) >= 11 is 1.66. The number of para-hydroxylation sites is 1. The molecule has 1 aliphatic rings. The minimum Gasteiger partial charge on any atom is -0.357 e. The minimum atomic E-state index is 0. The third kappa shape index (κ3) is 6.16. The van der Waals surface area contributed by atoms with E-state index in [1.54, 1.807) is 11.3 Å². The molecule has 1 aromatic carbocycles. The van der Waals surface area contributed by atoms with E-state index >= 15 is 0 Å². The van der Waals surface area contributed by atoms with Crippen molar-refractivity contribution in [1.82, 2.24) is 15.6 Å². The first kappa shape index (κ1) is 22.6. The van der Waals surface area contributed by atoms with Crippen LogP contribution in [0.3, 0.4) is 0 Å². The topological polar surface area (TPSA) is 69.6 Å². The lowest BCUT2D eigenvalue weighted by Gasteiger charge is -2.29. The molecule has 2 heterocycles. The number of nitrogens with one attached hydrogen (secondary N) is 2. The normalized spacial score (nSPS) is 13.5. The van der Waals surface area contributed by atoms with Gasteiger partial charge < -0.3 is 15.5 Å². The van der Waals surface area contributed by atoms with Gasteiger partial charge in [-0.3, -0.25) is 4.79 Å². The minimum absolute atomic E-state index is 0. The lowest BCUT2D eigenvalue weighted by molar-refractivity contribution is -0.117. The first-order valence-electron chi connectivity index (χ1n) is 9.49. The first-order chi connectivity index (χ1) is 13.2. The summed E-state index contributed by atoms with van der Waals surface area (Å²) < 4.78 is 0. The fraction of sp³-hybridized carbons (Fsp3) is 0.450. The number of carbonyl (C=O) groups is 1.